The number of nitrogens with zero attached hydrogens (tertiary/aromatic N) is 2. The van der Waals surface area contributed by atoms with Crippen molar-refractivity contribution in [1.29, 1.82) is 0 Å². The Kier molecular flexibility index (Phi) is 5.43. The topological polar surface area (TPSA) is 73.2 Å². The van der Waals surface area contributed by atoms with Gasteiger partial charge in [0, 0.05) is 21.4 Å². The number of rotatable bonds is 5. The van der Waals surface area contributed by atoms with Crippen LogP contribution in [-0.4, -0.2) is 26.5 Å². The summed E-state index contributed by atoms with van der Waals surface area (Å²) >= 11 is 5.86. The van der Waals surface area contributed by atoms with Crippen molar-refractivity contribution < 1.29 is 13.7 Å². The van der Waals surface area contributed by atoms with Gasteiger partial charge in [-0.05, 0) is 49.7 Å². The number of carbonyl (C=O) groups excluding carboxylic acids is 1. The Hall–Kier alpha value is -2.64. The summed E-state index contributed by atoms with van der Waals surface area (Å²) in [6.45, 7) is 3.87. The van der Waals surface area contributed by atoms with E-state index in [1.807, 2.05) is 26.0 Å². The van der Waals surface area contributed by atoms with Crippen molar-refractivity contribution in [2.24, 2.45) is 0 Å². The van der Waals surface area contributed by atoms with Gasteiger partial charge in [0.15, 0.2) is 6.61 Å². The Morgan fingerprint density at radius 3 is 2.69 bits per heavy atom. The number of halogens is 1. The Morgan fingerprint density at radius 2 is 1.97 bits per heavy atom. The molecule has 0 saturated heterocycles. The lowest BCUT2D eigenvalue weighted by atomic mass is 10.1. The van der Waals surface area contributed by atoms with E-state index in [2.05, 4.69) is 16.5 Å². The van der Waals surface area contributed by atoms with Crippen LogP contribution in [0.4, 0.5) is 5.82 Å². The quantitative estimate of drug-likeness (QED) is 0.667. The number of fused-ring (bicyclic) bond motifs is 1. The second-order valence-corrected chi connectivity index (χ2v) is 8.89. The van der Waals surface area contributed by atoms with Crippen molar-refractivity contribution in [3.63, 3.8) is 0 Å². The van der Waals surface area contributed by atoms with Crippen molar-refractivity contribution >= 4 is 34.1 Å². The van der Waals surface area contributed by atoms with E-state index in [1.165, 1.54) is 0 Å². The molecule has 0 aliphatic carbocycles. The molecule has 1 atom stereocenters. The van der Waals surface area contributed by atoms with E-state index < -0.39 is 10.8 Å². The van der Waals surface area contributed by atoms with E-state index in [0.29, 0.717) is 28.1 Å². The third-order valence-electron chi connectivity index (χ3n) is 4.69. The van der Waals surface area contributed by atoms with Crippen molar-refractivity contribution in [3.05, 3.63) is 69.9 Å². The monoisotopic (exact) mass is 429 g/mol. The third kappa shape index (κ3) is 4.21. The van der Waals surface area contributed by atoms with E-state index in [9.17, 15) is 9.00 Å². The Morgan fingerprint density at radius 1 is 1.21 bits per heavy atom. The summed E-state index contributed by atoms with van der Waals surface area (Å²) in [7, 11) is -0.994. The van der Waals surface area contributed by atoms with Gasteiger partial charge in [0.2, 0.25) is 0 Å². The molecule has 1 N–H and O–H groups in total. The number of aromatic nitrogens is 2. The predicted molar refractivity (Wildman–Crippen MR) is 114 cm³/mol. The number of amides is 1. The van der Waals surface area contributed by atoms with Crippen LogP contribution in [0, 0.1) is 13.8 Å². The summed E-state index contributed by atoms with van der Waals surface area (Å²) in [5.74, 6) is 1.58. The van der Waals surface area contributed by atoms with Crippen molar-refractivity contribution in [2.75, 3.05) is 11.9 Å². The van der Waals surface area contributed by atoms with Gasteiger partial charge < -0.3 is 10.1 Å². The summed E-state index contributed by atoms with van der Waals surface area (Å²) in [5, 5.41) is 8.15. The summed E-state index contributed by atoms with van der Waals surface area (Å²) in [5.41, 5.74) is 4.65. The van der Waals surface area contributed by atoms with E-state index in [1.54, 1.807) is 28.9 Å². The zero-order chi connectivity index (χ0) is 20.5. The highest BCUT2D eigenvalue weighted by molar-refractivity contribution is 7.83. The molecule has 4 rings (SSSR count). The number of benzene rings is 2. The summed E-state index contributed by atoms with van der Waals surface area (Å²) in [6.07, 6.45) is 0. The molecule has 0 spiro atoms. The van der Waals surface area contributed by atoms with Gasteiger partial charge in [-0.15, -0.1) is 0 Å². The molecule has 2 aromatic carbocycles. The average Bonchev–Trinajstić information content (AvgIpc) is 3.18. The smallest absolute Gasteiger partial charge is 0.263 e. The van der Waals surface area contributed by atoms with Crippen LogP contribution in [0.15, 0.2) is 42.5 Å². The molecule has 2 heterocycles. The highest BCUT2D eigenvalue weighted by Crippen LogP contribution is 2.32. The molecule has 0 saturated carbocycles. The van der Waals surface area contributed by atoms with Gasteiger partial charge in [-0.25, -0.2) is 4.68 Å². The first kappa shape index (κ1) is 19.7. The minimum absolute atomic E-state index is 0.155. The SMILES string of the molecule is Cc1ccc(-n2nc3c(c2NC(=O)COc2ccc(Cl)cc2)CS(=O)C3)c(C)c1. The molecule has 0 radical (unpaired) electrons. The molecule has 8 heteroatoms. The maximum atomic E-state index is 12.6. The maximum Gasteiger partial charge on any atom is 0.263 e. The van der Waals surface area contributed by atoms with Crippen LogP contribution in [0.25, 0.3) is 5.69 Å². The molecular formula is C21H20ClN3O3S. The molecule has 1 aromatic heterocycles. The largest absolute Gasteiger partial charge is 0.484 e. The van der Waals surface area contributed by atoms with Crippen LogP contribution >= 0.6 is 11.6 Å². The third-order valence-corrected chi connectivity index (χ3v) is 6.15. The maximum absolute atomic E-state index is 12.6. The molecule has 0 bridgehead atoms. The zero-order valence-electron chi connectivity index (χ0n) is 16.1. The lowest BCUT2D eigenvalue weighted by Gasteiger charge is -2.14. The second-order valence-electron chi connectivity index (χ2n) is 6.99. The van der Waals surface area contributed by atoms with Gasteiger partial charge in [-0.2, -0.15) is 5.10 Å². The summed E-state index contributed by atoms with van der Waals surface area (Å²) < 4.78 is 19.3. The molecule has 6 nitrogen and oxygen atoms in total. The highest BCUT2D eigenvalue weighted by Gasteiger charge is 2.28. The molecule has 0 fully saturated rings. The lowest BCUT2D eigenvalue weighted by molar-refractivity contribution is -0.118. The fourth-order valence-electron chi connectivity index (χ4n) is 3.32. The standard InChI is InChI=1S/C21H20ClN3O3S/c1-13-3-8-19(14(2)9-13)25-21(17-11-29(27)12-18(17)24-25)23-20(26)10-28-16-6-4-15(22)5-7-16/h3-9H,10-12H2,1-2H3,(H,23,26). The van der Waals surface area contributed by atoms with E-state index in [4.69, 9.17) is 16.3 Å². The van der Waals surface area contributed by atoms with Crippen molar-refractivity contribution in [1.82, 2.24) is 9.78 Å². The van der Waals surface area contributed by atoms with E-state index in [-0.39, 0.29) is 12.5 Å². The molecule has 1 aliphatic heterocycles. The number of anilines is 1. The van der Waals surface area contributed by atoms with E-state index >= 15 is 0 Å². The van der Waals surface area contributed by atoms with Crippen LogP contribution < -0.4 is 10.1 Å². The molecular weight excluding hydrogens is 410 g/mol. The average molecular weight is 430 g/mol. The number of hydrogen-bond acceptors (Lipinski definition) is 4. The number of aryl methyl sites for hydroxylation is 2. The Balaban J connectivity index is 1.59. The van der Waals surface area contributed by atoms with Gasteiger partial charge in [0.25, 0.3) is 5.91 Å². The first-order valence-corrected chi connectivity index (χ1v) is 11.0. The molecule has 29 heavy (non-hydrogen) atoms. The first-order valence-electron chi connectivity index (χ1n) is 9.12. The summed E-state index contributed by atoms with van der Waals surface area (Å²) in [4.78, 5) is 12.6. The molecule has 3 aromatic rings. The molecule has 1 unspecified atom stereocenters. The highest BCUT2D eigenvalue weighted by atomic mass is 35.5. The van der Waals surface area contributed by atoms with Gasteiger partial charge in [-0.1, -0.05) is 29.3 Å². The zero-order valence-corrected chi connectivity index (χ0v) is 17.6. The van der Waals surface area contributed by atoms with Crippen molar-refractivity contribution in [2.45, 2.75) is 25.4 Å². The number of hydrogen-bond donors (Lipinski definition) is 1. The van der Waals surface area contributed by atoms with Crippen LogP contribution in [0.1, 0.15) is 22.4 Å². The van der Waals surface area contributed by atoms with Crippen LogP contribution in [0.3, 0.4) is 0 Å². The first-order chi connectivity index (χ1) is 13.9. The molecule has 1 aliphatic rings. The summed E-state index contributed by atoms with van der Waals surface area (Å²) in [6, 6.07) is 12.9. The van der Waals surface area contributed by atoms with Gasteiger partial charge >= 0.3 is 0 Å². The molecule has 150 valence electrons. The minimum Gasteiger partial charge on any atom is -0.484 e. The van der Waals surface area contributed by atoms with Gasteiger partial charge in [-0.3, -0.25) is 9.00 Å². The second kappa shape index (κ2) is 8.00. The number of carbonyl (C=O) groups is 1. The van der Waals surface area contributed by atoms with Gasteiger partial charge in [0.1, 0.15) is 11.6 Å². The van der Waals surface area contributed by atoms with Crippen LogP contribution in [0.2, 0.25) is 5.02 Å². The fourth-order valence-corrected chi connectivity index (χ4v) is 4.71. The van der Waals surface area contributed by atoms with Crippen LogP contribution in [-0.2, 0) is 27.1 Å². The number of ether oxygens (including phenoxy) is 1. The van der Waals surface area contributed by atoms with Gasteiger partial charge in [0.05, 0.1) is 22.9 Å². The minimum atomic E-state index is -0.994. The van der Waals surface area contributed by atoms with Crippen LogP contribution in [0.5, 0.6) is 5.75 Å². The Labute approximate surface area is 176 Å². The lowest BCUT2D eigenvalue weighted by Crippen LogP contribution is -2.23. The normalized spacial score (nSPS) is 15.2. The predicted octanol–water partition coefficient (Wildman–Crippen LogP) is 3.92. The Bertz CT molecular complexity index is 1110. The van der Waals surface area contributed by atoms with E-state index in [0.717, 1.165) is 28.1 Å². The van der Waals surface area contributed by atoms with Crippen molar-refractivity contribution in [3.8, 4) is 11.4 Å². The molecule has 1 amide bonds. The fraction of sp³-hybridized carbons (Fsp3) is 0.238. The number of nitrogens with one attached hydrogen (secondary N) is 1.